The number of hydrogen-bond acceptors (Lipinski definition) is 7. The molecule has 1 aromatic rings. The summed E-state index contributed by atoms with van der Waals surface area (Å²) in [5.41, 5.74) is -2.30. The van der Waals surface area contributed by atoms with Crippen LogP contribution in [0.2, 0.25) is 0 Å². The van der Waals surface area contributed by atoms with Crippen LogP contribution in [0, 0.1) is 5.82 Å². The number of carbonyl (C=O) groups is 3. The fraction of sp³-hybridized carbons (Fsp3) is 0.500. The third-order valence-electron chi connectivity index (χ3n) is 3.65. The third-order valence-corrected chi connectivity index (χ3v) is 3.65. The molecule has 0 radical (unpaired) electrons. The molecule has 0 unspecified atom stereocenters. The number of nitrogens with one attached hydrogen (secondary N) is 1. The maximum Gasteiger partial charge on any atom is 0.344 e. The van der Waals surface area contributed by atoms with Crippen LogP contribution in [0.15, 0.2) is 12.1 Å². The van der Waals surface area contributed by atoms with E-state index in [1.165, 1.54) is 20.3 Å². The molecule has 150 valence electrons. The van der Waals surface area contributed by atoms with Gasteiger partial charge in [-0.05, 0) is 25.5 Å². The summed E-state index contributed by atoms with van der Waals surface area (Å²) in [6, 6.07) is 2.34. The number of rotatable bonds is 9. The fourth-order valence-electron chi connectivity index (χ4n) is 2.50. The van der Waals surface area contributed by atoms with Crippen LogP contribution in [0.5, 0.6) is 11.5 Å². The Morgan fingerprint density at radius 3 is 1.89 bits per heavy atom. The second-order valence-electron chi connectivity index (χ2n) is 5.50. The maximum absolute atomic E-state index is 14.6. The van der Waals surface area contributed by atoms with E-state index in [0.29, 0.717) is 0 Å². The van der Waals surface area contributed by atoms with Crippen LogP contribution in [0.3, 0.4) is 0 Å². The summed E-state index contributed by atoms with van der Waals surface area (Å²) < 4.78 is 34.6. The van der Waals surface area contributed by atoms with E-state index in [1.54, 1.807) is 13.8 Å². The van der Waals surface area contributed by atoms with Gasteiger partial charge in [-0.3, -0.25) is 4.79 Å². The maximum atomic E-state index is 14.6. The number of halogens is 1. The number of amides is 1. The molecule has 0 aliphatic rings. The zero-order valence-corrected chi connectivity index (χ0v) is 16.0. The second-order valence-corrected chi connectivity index (χ2v) is 5.50. The van der Waals surface area contributed by atoms with E-state index in [2.05, 4.69) is 5.32 Å². The van der Waals surface area contributed by atoms with Crippen molar-refractivity contribution in [3.8, 4) is 11.5 Å². The Morgan fingerprint density at radius 1 is 1.00 bits per heavy atom. The number of ether oxygens (including phenoxy) is 4. The zero-order valence-electron chi connectivity index (χ0n) is 16.0. The molecule has 0 saturated heterocycles. The highest BCUT2D eigenvalue weighted by molar-refractivity contribution is 6.08. The molecule has 0 bridgehead atoms. The van der Waals surface area contributed by atoms with Crippen LogP contribution in [0.4, 0.5) is 4.39 Å². The lowest BCUT2D eigenvalue weighted by molar-refractivity contribution is -0.168. The summed E-state index contributed by atoms with van der Waals surface area (Å²) in [5.74, 6) is -3.21. The molecule has 8 nitrogen and oxygen atoms in total. The average molecular weight is 385 g/mol. The van der Waals surface area contributed by atoms with Gasteiger partial charge in [-0.1, -0.05) is 0 Å². The van der Waals surface area contributed by atoms with Gasteiger partial charge in [0.05, 0.1) is 27.4 Å². The van der Waals surface area contributed by atoms with Gasteiger partial charge in [0, 0.05) is 19.4 Å². The summed E-state index contributed by atoms with van der Waals surface area (Å²) in [7, 11) is 2.70. The first-order valence-corrected chi connectivity index (χ1v) is 8.29. The molecule has 0 aromatic heterocycles. The van der Waals surface area contributed by atoms with Gasteiger partial charge in [-0.25, -0.2) is 14.0 Å². The van der Waals surface area contributed by atoms with Gasteiger partial charge in [0.15, 0.2) is 11.5 Å². The van der Waals surface area contributed by atoms with Crippen molar-refractivity contribution < 1.29 is 37.7 Å². The molecule has 27 heavy (non-hydrogen) atoms. The highest BCUT2D eigenvalue weighted by Crippen LogP contribution is 2.32. The van der Waals surface area contributed by atoms with Crippen molar-refractivity contribution in [3.63, 3.8) is 0 Å². The molecule has 1 N–H and O–H groups in total. The molecule has 0 aliphatic carbocycles. The number of methoxy groups -OCH3 is 2. The Balaban J connectivity index is 3.52. The number of esters is 2. The van der Waals surface area contributed by atoms with Crippen LogP contribution in [0.25, 0.3) is 0 Å². The lowest BCUT2D eigenvalue weighted by atomic mass is 9.89. The predicted molar refractivity (Wildman–Crippen MR) is 93.0 cm³/mol. The second kappa shape index (κ2) is 9.75. The first-order valence-electron chi connectivity index (χ1n) is 8.29. The first-order chi connectivity index (χ1) is 12.7. The summed E-state index contributed by atoms with van der Waals surface area (Å²) in [5, 5.41) is 2.28. The molecule has 1 aromatic carbocycles. The Kier molecular flexibility index (Phi) is 8.01. The molecule has 0 fully saturated rings. The van der Waals surface area contributed by atoms with Crippen LogP contribution in [0.1, 0.15) is 26.3 Å². The monoisotopic (exact) mass is 385 g/mol. The van der Waals surface area contributed by atoms with Gasteiger partial charge in [0.2, 0.25) is 11.4 Å². The van der Waals surface area contributed by atoms with E-state index in [9.17, 15) is 18.8 Å². The molecule has 0 spiro atoms. The van der Waals surface area contributed by atoms with E-state index in [-0.39, 0.29) is 30.3 Å². The standard InChI is InChI=1S/C18H24FNO7/c1-6-26-16(22)18(20-11(3)21,17(23)27-7-2)10-12-8-14(24-4)15(25-5)9-13(12)19/h8-9H,6-7,10H2,1-5H3,(H,20,21). The topological polar surface area (TPSA) is 100 Å². The van der Waals surface area contributed by atoms with Gasteiger partial charge < -0.3 is 24.3 Å². The number of benzene rings is 1. The van der Waals surface area contributed by atoms with E-state index in [0.717, 1.165) is 13.0 Å². The first kappa shape index (κ1) is 22.2. The van der Waals surface area contributed by atoms with Gasteiger partial charge in [-0.2, -0.15) is 0 Å². The SMILES string of the molecule is CCOC(=O)C(Cc1cc(OC)c(OC)cc1F)(NC(C)=O)C(=O)OCC. The summed E-state index contributed by atoms with van der Waals surface area (Å²) in [4.78, 5) is 36.9. The summed E-state index contributed by atoms with van der Waals surface area (Å²) in [6.45, 7) is 4.11. The van der Waals surface area contributed by atoms with Crippen molar-refractivity contribution in [1.29, 1.82) is 0 Å². The Hall–Kier alpha value is -2.84. The van der Waals surface area contributed by atoms with Crippen molar-refractivity contribution >= 4 is 17.8 Å². The lowest BCUT2D eigenvalue weighted by Crippen LogP contribution is -2.62. The molecule has 0 atom stereocenters. The predicted octanol–water partition coefficient (Wildman–Crippen LogP) is 1.39. The van der Waals surface area contributed by atoms with Crippen LogP contribution in [-0.4, -0.2) is 50.8 Å². The van der Waals surface area contributed by atoms with Crippen LogP contribution in [-0.2, 0) is 30.3 Å². The largest absolute Gasteiger partial charge is 0.493 e. The zero-order chi connectivity index (χ0) is 20.6. The minimum atomic E-state index is -2.24. The van der Waals surface area contributed by atoms with Gasteiger partial charge in [0.25, 0.3) is 0 Å². The lowest BCUT2D eigenvalue weighted by Gasteiger charge is -2.30. The molecule has 0 heterocycles. The van der Waals surface area contributed by atoms with Crippen molar-refractivity contribution in [1.82, 2.24) is 5.32 Å². The normalized spacial score (nSPS) is 10.7. The summed E-state index contributed by atoms with van der Waals surface area (Å²) >= 11 is 0. The molecular weight excluding hydrogens is 361 g/mol. The van der Waals surface area contributed by atoms with Crippen molar-refractivity contribution in [2.45, 2.75) is 32.7 Å². The summed E-state index contributed by atoms with van der Waals surface area (Å²) in [6.07, 6.45) is -0.531. The Bertz CT molecular complexity index is 687. The number of carbonyl (C=O) groups excluding carboxylic acids is 3. The smallest absolute Gasteiger partial charge is 0.344 e. The molecule has 1 rings (SSSR count). The Labute approximate surface area is 156 Å². The minimum absolute atomic E-state index is 0.0476. The Morgan fingerprint density at radius 2 is 1.48 bits per heavy atom. The van der Waals surface area contributed by atoms with Gasteiger partial charge >= 0.3 is 11.9 Å². The minimum Gasteiger partial charge on any atom is -0.493 e. The highest BCUT2D eigenvalue weighted by atomic mass is 19.1. The van der Waals surface area contributed by atoms with Gasteiger partial charge in [0.1, 0.15) is 5.82 Å². The highest BCUT2D eigenvalue weighted by Gasteiger charge is 2.50. The van der Waals surface area contributed by atoms with Crippen molar-refractivity contribution in [2.24, 2.45) is 0 Å². The number of hydrogen-bond donors (Lipinski definition) is 1. The third kappa shape index (κ3) is 5.08. The van der Waals surface area contributed by atoms with E-state index >= 15 is 0 Å². The van der Waals surface area contributed by atoms with Crippen molar-refractivity contribution in [2.75, 3.05) is 27.4 Å². The average Bonchev–Trinajstić information content (AvgIpc) is 2.62. The van der Waals surface area contributed by atoms with Crippen LogP contribution < -0.4 is 14.8 Å². The van der Waals surface area contributed by atoms with E-state index in [4.69, 9.17) is 18.9 Å². The molecule has 0 aliphatic heterocycles. The van der Waals surface area contributed by atoms with Crippen molar-refractivity contribution in [3.05, 3.63) is 23.5 Å². The van der Waals surface area contributed by atoms with Crippen LogP contribution >= 0.6 is 0 Å². The van der Waals surface area contributed by atoms with Gasteiger partial charge in [-0.15, -0.1) is 0 Å². The van der Waals surface area contributed by atoms with E-state index in [1.807, 2.05) is 0 Å². The van der Waals surface area contributed by atoms with E-state index < -0.39 is 35.6 Å². The fourth-order valence-corrected chi connectivity index (χ4v) is 2.50. The molecule has 1 amide bonds. The molecule has 9 heteroatoms. The molecule has 0 saturated carbocycles. The quantitative estimate of drug-likeness (QED) is 0.506. The molecular formula is C18H24FNO7.